The first-order chi connectivity index (χ1) is 15.9. The number of aromatic nitrogens is 3. The molecule has 13 nitrogen and oxygen atoms in total. The lowest BCUT2D eigenvalue weighted by molar-refractivity contribution is -0.384. The molecular formula is C19H20N8O5S. The van der Waals surface area contributed by atoms with Gasteiger partial charge < -0.3 is 20.6 Å². The number of amides is 1. The topological polar surface area (TPSA) is 172 Å². The van der Waals surface area contributed by atoms with Crippen molar-refractivity contribution in [3.63, 3.8) is 0 Å². The highest BCUT2D eigenvalue weighted by atomic mass is 32.2. The average molecular weight is 472 g/mol. The summed E-state index contributed by atoms with van der Waals surface area (Å²) in [5, 5.41) is 25.5. The minimum absolute atomic E-state index is 0.0156. The van der Waals surface area contributed by atoms with Gasteiger partial charge in [0.2, 0.25) is 11.1 Å². The summed E-state index contributed by atoms with van der Waals surface area (Å²) in [5.41, 5.74) is 3.72. The summed E-state index contributed by atoms with van der Waals surface area (Å²) in [5.74, 6) is 6.87. The molecule has 0 fully saturated rings. The Balaban J connectivity index is 1.55. The molecule has 0 bridgehead atoms. The Bertz CT molecular complexity index is 1170. The molecule has 0 saturated heterocycles. The molecule has 4 N–H and O–H groups in total. The van der Waals surface area contributed by atoms with Crippen LogP contribution in [0.2, 0.25) is 0 Å². The third kappa shape index (κ3) is 6.10. The molecule has 0 aliphatic carbocycles. The van der Waals surface area contributed by atoms with Crippen LogP contribution < -0.4 is 26.1 Å². The molecule has 0 saturated carbocycles. The van der Waals surface area contributed by atoms with Crippen molar-refractivity contribution in [2.75, 3.05) is 36.6 Å². The second-order valence-electron chi connectivity index (χ2n) is 6.30. The van der Waals surface area contributed by atoms with Crippen molar-refractivity contribution in [3.05, 3.63) is 58.1 Å². The number of benzene rings is 2. The van der Waals surface area contributed by atoms with Gasteiger partial charge in [0.15, 0.2) is 0 Å². The molecule has 14 heteroatoms. The van der Waals surface area contributed by atoms with Gasteiger partial charge >= 0.3 is 0 Å². The number of non-ortho nitro benzene ring substituents is 1. The zero-order valence-corrected chi connectivity index (χ0v) is 18.4. The normalized spacial score (nSPS) is 10.7. The molecule has 0 spiro atoms. The van der Waals surface area contributed by atoms with Gasteiger partial charge in [0, 0.05) is 18.2 Å². The van der Waals surface area contributed by atoms with Gasteiger partial charge in [-0.1, -0.05) is 11.8 Å². The standard InChI is InChI=1S/C19H20N8O5S/c1-31-14-7-8-16(32-2)15(9-14)22-17(28)11-33-19-25-24-18(26(19)20)23-21-10-12-3-5-13(6-4-12)27(29)30/h3-10H,11,20H2,1-2H3,(H,22,28)(H,23,24)/b21-10+. The highest BCUT2D eigenvalue weighted by Crippen LogP contribution is 2.29. The largest absolute Gasteiger partial charge is 0.497 e. The maximum atomic E-state index is 12.4. The summed E-state index contributed by atoms with van der Waals surface area (Å²) in [6, 6.07) is 10.9. The van der Waals surface area contributed by atoms with Gasteiger partial charge in [-0.25, -0.2) is 10.1 Å². The zero-order chi connectivity index (χ0) is 23.8. The second kappa shape index (κ2) is 10.8. The zero-order valence-electron chi connectivity index (χ0n) is 17.6. The number of carbonyl (C=O) groups excluding carboxylic acids is 1. The van der Waals surface area contributed by atoms with Crippen LogP contribution in [-0.4, -0.2) is 51.9 Å². The maximum absolute atomic E-state index is 12.4. The first-order valence-corrected chi connectivity index (χ1v) is 10.3. The van der Waals surface area contributed by atoms with Crippen LogP contribution in [-0.2, 0) is 4.79 Å². The number of nitrogen functional groups attached to an aromatic ring is 1. The van der Waals surface area contributed by atoms with Crippen LogP contribution in [0.15, 0.2) is 52.7 Å². The minimum atomic E-state index is -0.483. The van der Waals surface area contributed by atoms with Gasteiger partial charge in [0.25, 0.3) is 11.6 Å². The van der Waals surface area contributed by atoms with Gasteiger partial charge in [0.05, 0.1) is 36.8 Å². The molecule has 1 aromatic heterocycles. The Morgan fingerprint density at radius 1 is 1.24 bits per heavy atom. The minimum Gasteiger partial charge on any atom is -0.497 e. The van der Waals surface area contributed by atoms with E-state index in [1.165, 1.54) is 32.6 Å². The molecule has 0 atom stereocenters. The van der Waals surface area contributed by atoms with E-state index in [9.17, 15) is 14.9 Å². The Hall–Kier alpha value is -4.33. The van der Waals surface area contributed by atoms with E-state index in [1.807, 2.05) is 0 Å². The maximum Gasteiger partial charge on any atom is 0.269 e. The van der Waals surface area contributed by atoms with E-state index in [0.29, 0.717) is 22.7 Å². The number of nitrogens with zero attached hydrogens (tertiary/aromatic N) is 5. The third-order valence-corrected chi connectivity index (χ3v) is 5.10. The third-order valence-electron chi connectivity index (χ3n) is 4.16. The first-order valence-electron chi connectivity index (χ1n) is 9.30. The van der Waals surface area contributed by atoms with Crippen molar-refractivity contribution in [1.29, 1.82) is 0 Å². The monoisotopic (exact) mass is 472 g/mol. The fraction of sp³-hybridized carbons (Fsp3) is 0.158. The summed E-state index contributed by atoms with van der Waals surface area (Å²) in [7, 11) is 3.03. The van der Waals surface area contributed by atoms with Crippen LogP contribution in [0.4, 0.5) is 17.3 Å². The molecule has 0 unspecified atom stereocenters. The number of anilines is 2. The Morgan fingerprint density at radius 2 is 2.00 bits per heavy atom. The van der Waals surface area contributed by atoms with Gasteiger partial charge in [0.1, 0.15) is 11.5 Å². The van der Waals surface area contributed by atoms with Crippen molar-refractivity contribution in [1.82, 2.24) is 14.9 Å². The van der Waals surface area contributed by atoms with Crippen molar-refractivity contribution in [2.24, 2.45) is 5.10 Å². The van der Waals surface area contributed by atoms with E-state index in [-0.39, 0.29) is 28.5 Å². The molecule has 0 aliphatic heterocycles. The molecular weight excluding hydrogens is 452 g/mol. The molecule has 2 aromatic carbocycles. The average Bonchev–Trinajstić information content (AvgIpc) is 3.17. The summed E-state index contributed by atoms with van der Waals surface area (Å²) in [6.07, 6.45) is 1.44. The number of hydrazone groups is 1. The lowest BCUT2D eigenvalue weighted by atomic mass is 10.2. The molecule has 1 heterocycles. The molecule has 33 heavy (non-hydrogen) atoms. The number of thioether (sulfide) groups is 1. The number of methoxy groups -OCH3 is 2. The number of nitrogens with two attached hydrogens (primary N) is 1. The van der Waals surface area contributed by atoms with E-state index in [0.717, 1.165) is 16.4 Å². The van der Waals surface area contributed by atoms with Crippen LogP contribution in [0.1, 0.15) is 5.56 Å². The molecule has 3 rings (SSSR count). The number of nitro benzene ring substituents is 1. The summed E-state index contributed by atoms with van der Waals surface area (Å²) >= 11 is 1.08. The summed E-state index contributed by atoms with van der Waals surface area (Å²) < 4.78 is 11.6. The molecule has 172 valence electrons. The fourth-order valence-electron chi connectivity index (χ4n) is 2.53. The predicted molar refractivity (Wildman–Crippen MR) is 123 cm³/mol. The second-order valence-corrected chi connectivity index (χ2v) is 7.24. The van der Waals surface area contributed by atoms with Crippen LogP contribution in [0.5, 0.6) is 11.5 Å². The van der Waals surface area contributed by atoms with Gasteiger partial charge in [-0.3, -0.25) is 14.9 Å². The van der Waals surface area contributed by atoms with Crippen LogP contribution >= 0.6 is 11.8 Å². The Morgan fingerprint density at radius 3 is 2.67 bits per heavy atom. The lowest BCUT2D eigenvalue weighted by Crippen LogP contribution is -2.17. The molecule has 1 amide bonds. The van der Waals surface area contributed by atoms with Crippen molar-refractivity contribution < 1.29 is 19.2 Å². The number of ether oxygens (including phenoxy) is 2. The number of hydrogen-bond acceptors (Lipinski definition) is 11. The van der Waals surface area contributed by atoms with Gasteiger partial charge in [-0.15, -0.1) is 10.2 Å². The van der Waals surface area contributed by atoms with E-state index >= 15 is 0 Å². The quantitative estimate of drug-likeness (QED) is 0.130. The van der Waals surface area contributed by atoms with Crippen molar-refractivity contribution >= 4 is 41.2 Å². The predicted octanol–water partition coefficient (Wildman–Crippen LogP) is 2.09. The van der Waals surface area contributed by atoms with E-state index in [1.54, 1.807) is 30.3 Å². The Kier molecular flexibility index (Phi) is 7.64. The highest BCUT2D eigenvalue weighted by Gasteiger charge is 2.14. The lowest BCUT2D eigenvalue weighted by Gasteiger charge is -2.11. The number of nitrogens with one attached hydrogen (secondary N) is 2. The molecule has 3 aromatic rings. The first kappa shape index (κ1) is 23.3. The number of hydrogen-bond donors (Lipinski definition) is 3. The smallest absolute Gasteiger partial charge is 0.269 e. The molecule has 0 aliphatic rings. The van der Waals surface area contributed by atoms with E-state index in [2.05, 4.69) is 26.0 Å². The highest BCUT2D eigenvalue weighted by molar-refractivity contribution is 7.99. The SMILES string of the molecule is COc1ccc(OC)c(NC(=O)CSc2nnc(N/N=C/c3ccc([N+](=O)[O-])cc3)n2N)c1. The summed E-state index contributed by atoms with van der Waals surface area (Å²) in [6.45, 7) is 0. The summed E-state index contributed by atoms with van der Waals surface area (Å²) in [4.78, 5) is 22.6. The Labute approximate surface area is 192 Å². The van der Waals surface area contributed by atoms with Crippen LogP contribution in [0.3, 0.4) is 0 Å². The van der Waals surface area contributed by atoms with Gasteiger partial charge in [-0.2, -0.15) is 5.10 Å². The van der Waals surface area contributed by atoms with Crippen molar-refractivity contribution in [3.8, 4) is 11.5 Å². The van der Waals surface area contributed by atoms with Crippen molar-refractivity contribution in [2.45, 2.75) is 5.16 Å². The van der Waals surface area contributed by atoms with Crippen LogP contribution in [0.25, 0.3) is 0 Å². The fourth-order valence-corrected chi connectivity index (χ4v) is 3.18. The molecule has 0 radical (unpaired) electrons. The number of rotatable bonds is 10. The van der Waals surface area contributed by atoms with E-state index < -0.39 is 4.92 Å². The van der Waals surface area contributed by atoms with Crippen LogP contribution in [0, 0.1) is 10.1 Å². The number of carbonyl (C=O) groups is 1. The van der Waals surface area contributed by atoms with Gasteiger partial charge in [-0.05, 0) is 29.8 Å². The van der Waals surface area contributed by atoms with E-state index in [4.69, 9.17) is 15.3 Å². The number of nitro groups is 1.